The summed E-state index contributed by atoms with van der Waals surface area (Å²) in [5.41, 5.74) is 0.487. The number of hydrogen-bond donors (Lipinski definition) is 1. The third-order valence-electron chi connectivity index (χ3n) is 2.52. The predicted molar refractivity (Wildman–Crippen MR) is 71.9 cm³/mol. The van der Waals surface area contributed by atoms with Crippen LogP contribution in [0.5, 0.6) is 0 Å². The maximum atomic E-state index is 11.8. The third kappa shape index (κ3) is 2.96. The fraction of sp³-hybridized carbons (Fsp3) is 0.333. The van der Waals surface area contributed by atoms with Crippen molar-refractivity contribution in [2.75, 3.05) is 31.2 Å². The summed E-state index contributed by atoms with van der Waals surface area (Å²) in [5, 5.41) is 3.49. The van der Waals surface area contributed by atoms with Gasteiger partial charge in [-0.25, -0.2) is 4.98 Å². The van der Waals surface area contributed by atoms with Gasteiger partial charge in [-0.15, -0.1) is 0 Å². The van der Waals surface area contributed by atoms with E-state index in [0.29, 0.717) is 23.8 Å². The van der Waals surface area contributed by atoms with E-state index in [1.165, 1.54) is 17.4 Å². The SMILES string of the molecule is C=CC(=C)NC(=O)c1cnc(N2CCOCC2)s1. The van der Waals surface area contributed by atoms with E-state index >= 15 is 0 Å². The second-order valence-electron chi connectivity index (χ2n) is 3.79. The molecule has 1 amide bonds. The monoisotopic (exact) mass is 265 g/mol. The first kappa shape index (κ1) is 12.8. The van der Waals surface area contributed by atoms with E-state index in [1.807, 2.05) is 0 Å². The fourth-order valence-electron chi connectivity index (χ4n) is 1.53. The molecule has 1 aliphatic heterocycles. The number of morpholine rings is 1. The van der Waals surface area contributed by atoms with Crippen LogP contribution in [0.1, 0.15) is 9.67 Å². The first-order valence-electron chi connectivity index (χ1n) is 5.62. The van der Waals surface area contributed by atoms with Crippen molar-refractivity contribution in [1.29, 1.82) is 0 Å². The van der Waals surface area contributed by atoms with Crippen LogP contribution in [0.25, 0.3) is 0 Å². The number of anilines is 1. The standard InChI is InChI=1S/C12H15N3O2S/c1-3-9(2)14-11(16)10-8-13-12(18-10)15-4-6-17-7-5-15/h3,8H,1-2,4-7H2,(H,14,16). The lowest BCUT2D eigenvalue weighted by molar-refractivity contribution is 0.0971. The molecular formula is C12H15N3O2S. The summed E-state index contributed by atoms with van der Waals surface area (Å²) in [4.78, 5) is 18.8. The van der Waals surface area contributed by atoms with Gasteiger partial charge >= 0.3 is 0 Å². The minimum atomic E-state index is -0.197. The molecule has 1 N–H and O–H groups in total. The van der Waals surface area contributed by atoms with Crippen LogP contribution in [0.4, 0.5) is 5.13 Å². The molecule has 0 bridgehead atoms. The van der Waals surface area contributed by atoms with Crippen molar-refractivity contribution in [3.8, 4) is 0 Å². The van der Waals surface area contributed by atoms with E-state index in [-0.39, 0.29) is 5.91 Å². The van der Waals surface area contributed by atoms with E-state index in [1.54, 1.807) is 6.20 Å². The largest absolute Gasteiger partial charge is 0.378 e. The third-order valence-corrected chi connectivity index (χ3v) is 3.58. The highest BCUT2D eigenvalue weighted by molar-refractivity contribution is 7.17. The maximum absolute atomic E-state index is 11.8. The zero-order valence-corrected chi connectivity index (χ0v) is 10.8. The Bertz CT molecular complexity index is 464. The summed E-state index contributed by atoms with van der Waals surface area (Å²) in [6.07, 6.45) is 3.09. The molecule has 18 heavy (non-hydrogen) atoms. The summed E-state index contributed by atoms with van der Waals surface area (Å²) >= 11 is 1.37. The molecule has 1 saturated heterocycles. The molecule has 0 spiro atoms. The van der Waals surface area contributed by atoms with Crippen molar-refractivity contribution in [3.05, 3.63) is 36.0 Å². The molecule has 0 unspecified atom stereocenters. The number of carbonyl (C=O) groups excluding carboxylic acids is 1. The summed E-state index contributed by atoms with van der Waals surface area (Å²) in [5.74, 6) is -0.197. The van der Waals surface area contributed by atoms with E-state index in [0.717, 1.165) is 18.2 Å². The van der Waals surface area contributed by atoms with Crippen LogP contribution < -0.4 is 10.2 Å². The predicted octanol–water partition coefficient (Wildman–Crippen LogP) is 1.41. The van der Waals surface area contributed by atoms with Crippen molar-refractivity contribution >= 4 is 22.4 Å². The summed E-state index contributed by atoms with van der Waals surface area (Å²) in [7, 11) is 0. The minimum absolute atomic E-state index is 0.197. The quantitative estimate of drug-likeness (QED) is 0.836. The zero-order chi connectivity index (χ0) is 13.0. The van der Waals surface area contributed by atoms with Gasteiger partial charge in [-0.1, -0.05) is 24.5 Å². The number of ether oxygens (including phenoxy) is 1. The Balaban J connectivity index is 2.02. The molecule has 2 heterocycles. The minimum Gasteiger partial charge on any atom is -0.378 e. The summed E-state index contributed by atoms with van der Waals surface area (Å²) in [6, 6.07) is 0. The van der Waals surface area contributed by atoms with Gasteiger partial charge in [0, 0.05) is 18.8 Å². The number of hydrogen-bond acceptors (Lipinski definition) is 5. The van der Waals surface area contributed by atoms with Crippen molar-refractivity contribution in [2.45, 2.75) is 0 Å². The Morgan fingerprint density at radius 1 is 1.56 bits per heavy atom. The van der Waals surface area contributed by atoms with Gasteiger partial charge in [0.2, 0.25) is 0 Å². The average molecular weight is 265 g/mol. The van der Waals surface area contributed by atoms with Crippen LogP contribution in [0.2, 0.25) is 0 Å². The number of allylic oxidation sites excluding steroid dienone is 1. The Labute approximate surface area is 110 Å². The number of nitrogens with zero attached hydrogens (tertiary/aromatic N) is 2. The average Bonchev–Trinajstić information content (AvgIpc) is 2.89. The van der Waals surface area contributed by atoms with Crippen LogP contribution in [0, 0.1) is 0 Å². The van der Waals surface area contributed by atoms with Gasteiger partial charge in [-0.05, 0) is 6.08 Å². The van der Waals surface area contributed by atoms with Crippen LogP contribution >= 0.6 is 11.3 Å². The molecule has 96 valence electrons. The number of amides is 1. The molecule has 5 nitrogen and oxygen atoms in total. The van der Waals surface area contributed by atoms with E-state index in [4.69, 9.17) is 4.74 Å². The van der Waals surface area contributed by atoms with Crippen molar-refractivity contribution in [3.63, 3.8) is 0 Å². The molecule has 1 fully saturated rings. The van der Waals surface area contributed by atoms with E-state index in [9.17, 15) is 4.79 Å². The van der Waals surface area contributed by atoms with Crippen LogP contribution in [0.3, 0.4) is 0 Å². The Kier molecular flexibility index (Phi) is 4.11. The van der Waals surface area contributed by atoms with Gasteiger partial charge in [0.15, 0.2) is 5.13 Å². The number of thiazole rings is 1. The number of nitrogens with one attached hydrogen (secondary N) is 1. The Hall–Kier alpha value is -1.66. The lowest BCUT2D eigenvalue weighted by Gasteiger charge is -2.25. The first-order chi connectivity index (χ1) is 8.70. The second kappa shape index (κ2) is 5.79. The van der Waals surface area contributed by atoms with Crippen molar-refractivity contribution in [1.82, 2.24) is 10.3 Å². The van der Waals surface area contributed by atoms with Gasteiger partial charge in [-0.2, -0.15) is 0 Å². The second-order valence-corrected chi connectivity index (χ2v) is 4.80. The summed E-state index contributed by atoms with van der Waals surface area (Å²) in [6.45, 7) is 10.2. The van der Waals surface area contributed by atoms with Crippen molar-refractivity contribution in [2.24, 2.45) is 0 Å². The van der Waals surface area contributed by atoms with Gasteiger partial charge in [0.05, 0.1) is 19.4 Å². The molecule has 0 aliphatic carbocycles. The highest BCUT2D eigenvalue weighted by atomic mass is 32.1. The lowest BCUT2D eigenvalue weighted by Crippen LogP contribution is -2.36. The molecule has 0 aromatic carbocycles. The molecule has 1 aromatic rings. The highest BCUT2D eigenvalue weighted by Gasteiger charge is 2.17. The molecule has 6 heteroatoms. The molecule has 1 aromatic heterocycles. The molecule has 1 aliphatic rings. The first-order valence-corrected chi connectivity index (χ1v) is 6.43. The number of aromatic nitrogens is 1. The molecular weight excluding hydrogens is 250 g/mol. The van der Waals surface area contributed by atoms with Gasteiger partial charge < -0.3 is 15.0 Å². The lowest BCUT2D eigenvalue weighted by atomic mass is 10.4. The van der Waals surface area contributed by atoms with Gasteiger partial charge in [-0.3, -0.25) is 4.79 Å². The maximum Gasteiger partial charge on any atom is 0.267 e. The van der Waals surface area contributed by atoms with Crippen LogP contribution in [-0.2, 0) is 4.74 Å². The zero-order valence-electron chi connectivity index (χ0n) is 10.0. The Morgan fingerprint density at radius 3 is 2.94 bits per heavy atom. The van der Waals surface area contributed by atoms with Crippen molar-refractivity contribution < 1.29 is 9.53 Å². The van der Waals surface area contributed by atoms with E-state index in [2.05, 4.69) is 28.4 Å². The normalized spacial score (nSPS) is 15.2. The fourth-order valence-corrected chi connectivity index (χ4v) is 2.39. The van der Waals surface area contributed by atoms with Crippen LogP contribution in [0.15, 0.2) is 31.1 Å². The molecule has 0 saturated carbocycles. The van der Waals surface area contributed by atoms with Gasteiger partial charge in [0.1, 0.15) is 4.88 Å². The number of carbonyl (C=O) groups is 1. The molecule has 0 radical (unpaired) electrons. The number of rotatable bonds is 4. The molecule has 0 atom stereocenters. The molecule has 2 rings (SSSR count). The highest BCUT2D eigenvalue weighted by Crippen LogP contribution is 2.23. The van der Waals surface area contributed by atoms with Gasteiger partial charge in [0.25, 0.3) is 5.91 Å². The smallest absolute Gasteiger partial charge is 0.267 e. The van der Waals surface area contributed by atoms with Crippen LogP contribution in [-0.4, -0.2) is 37.2 Å². The van der Waals surface area contributed by atoms with E-state index < -0.39 is 0 Å². The topological polar surface area (TPSA) is 54.5 Å². The Morgan fingerprint density at radius 2 is 2.28 bits per heavy atom. The summed E-state index contributed by atoms with van der Waals surface area (Å²) < 4.78 is 5.28.